The molecule has 0 saturated carbocycles. The van der Waals surface area contributed by atoms with Crippen LogP contribution in [0.2, 0.25) is 5.02 Å². The van der Waals surface area contributed by atoms with Crippen LogP contribution in [0.15, 0.2) is 29.3 Å². The summed E-state index contributed by atoms with van der Waals surface area (Å²) in [5, 5.41) is 4.27. The number of halogens is 1. The zero-order chi connectivity index (χ0) is 15.4. The smallest absolute Gasteiger partial charge is 0.234 e. The average Bonchev–Trinajstić information content (AvgIpc) is 2.40. The zero-order valence-electron chi connectivity index (χ0n) is 12.1. The van der Waals surface area contributed by atoms with Gasteiger partial charge in [-0.15, -0.1) is 0 Å². The number of aromatic nitrogens is 2. The van der Waals surface area contributed by atoms with E-state index in [1.54, 1.807) is 6.07 Å². The second kappa shape index (κ2) is 6.91. The highest BCUT2D eigenvalue weighted by Gasteiger charge is 2.07. The SMILES string of the molecule is Cc1cc(SCC(=O)Nc2ccc(C)c(Cl)c2)nc(C)n1. The quantitative estimate of drug-likeness (QED) is 0.687. The van der Waals surface area contributed by atoms with Gasteiger partial charge in [0, 0.05) is 16.4 Å². The molecule has 0 atom stereocenters. The Balaban J connectivity index is 1.94. The normalized spacial score (nSPS) is 10.5. The molecule has 0 aliphatic heterocycles. The Bertz CT molecular complexity index is 656. The summed E-state index contributed by atoms with van der Waals surface area (Å²) in [7, 11) is 0. The van der Waals surface area contributed by atoms with Crippen molar-refractivity contribution in [1.82, 2.24) is 9.97 Å². The molecular weight excluding hydrogens is 306 g/mol. The van der Waals surface area contributed by atoms with Crippen LogP contribution in [0.5, 0.6) is 0 Å². The van der Waals surface area contributed by atoms with E-state index in [0.717, 1.165) is 16.3 Å². The van der Waals surface area contributed by atoms with Gasteiger partial charge in [-0.1, -0.05) is 29.4 Å². The molecule has 1 heterocycles. The molecule has 0 radical (unpaired) electrons. The third-order valence-corrected chi connectivity index (χ3v) is 4.07. The number of hydrogen-bond donors (Lipinski definition) is 1. The van der Waals surface area contributed by atoms with Gasteiger partial charge in [0.25, 0.3) is 0 Å². The second-order valence-corrected chi connectivity index (χ2v) is 6.10. The third kappa shape index (κ3) is 4.72. The Morgan fingerprint density at radius 2 is 2.00 bits per heavy atom. The Morgan fingerprint density at radius 3 is 2.67 bits per heavy atom. The number of carbonyl (C=O) groups is 1. The molecule has 1 N–H and O–H groups in total. The first-order chi connectivity index (χ1) is 9.94. The number of amides is 1. The van der Waals surface area contributed by atoms with Gasteiger partial charge in [0.1, 0.15) is 10.9 Å². The maximum atomic E-state index is 11.9. The van der Waals surface area contributed by atoms with Crippen LogP contribution in [0.4, 0.5) is 5.69 Å². The van der Waals surface area contributed by atoms with Crippen molar-refractivity contribution in [2.24, 2.45) is 0 Å². The van der Waals surface area contributed by atoms with Gasteiger partial charge in [-0.05, 0) is 44.5 Å². The summed E-state index contributed by atoms with van der Waals surface area (Å²) in [5.41, 5.74) is 2.58. The molecule has 0 aliphatic carbocycles. The topological polar surface area (TPSA) is 54.9 Å². The predicted octanol–water partition coefficient (Wildman–Crippen LogP) is 3.79. The van der Waals surface area contributed by atoms with Crippen LogP contribution in [0.1, 0.15) is 17.1 Å². The van der Waals surface area contributed by atoms with Crippen LogP contribution in [0.25, 0.3) is 0 Å². The van der Waals surface area contributed by atoms with Crippen LogP contribution >= 0.6 is 23.4 Å². The summed E-state index contributed by atoms with van der Waals surface area (Å²) in [5.74, 6) is 0.915. The Labute approximate surface area is 133 Å². The highest BCUT2D eigenvalue weighted by molar-refractivity contribution is 7.99. The number of thioether (sulfide) groups is 1. The van der Waals surface area contributed by atoms with E-state index in [2.05, 4.69) is 15.3 Å². The molecular formula is C15H16ClN3OS. The number of hydrogen-bond acceptors (Lipinski definition) is 4. The van der Waals surface area contributed by atoms with Gasteiger partial charge in [-0.25, -0.2) is 9.97 Å². The molecule has 0 aliphatic rings. The fourth-order valence-corrected chi connectivity index (χ4v) is 2.75. The Morgan fingerprint density at radius 1 is 1.24 bits per heavy atom. The molecule has 21 heavy (non-hydrogen) atoms. The van der Waals surface area contributed by atoms with Gasteiger partial charge in [-0.3, -0.25) is 4.79 Å². The molecule has 2 aromatic rings. The lowest BCUT2D eigenvalue weighted by Crippen LogP contribution is -2.14. The maximum Gasteiger partial charge on any atom is 0.234 e. The highest BCUT2D eigenvalue weighted by atomic mass is 35.5. The van der Waals surface area contributed by atoms with Crippen molar-refractivity contribution in [1.29, 1.82) is 0 Å². The van der Waals surface area contributed by atoms with E-state index in [9.17, 15) is 4.79 Å². The Hall–Kier alpha value is -1.59. The van der Waals surface area contributed by atoms with Gasteiger partial charge in [0.15, 0.2) is 0 Å². The molecule has 1 amide bonds. The van der Waals surface area contributed by atoms with Crippen molar-refractivity contribution >= 4 is 35.0 Å². The van der Waals surface area contributed by atoms with Gasteiger partial charge in [0.05, 0.1) is 5.75 Å². The van der Waals surface area contributed by atoms with Crippen LogP contribution in [-0.4, -0.2) is 21.6 Å². The first kappa shape index (κ1) is 15.8. The van der Waals surface area contributed by atoms with Gasteiger partial charge >= 0.3 is 0 Å². The summed E-state index contributed by atoms with van der Waals surface area (Å²) in [6.07, 6.45) is 0. The highest BCUT2D eigenvalue weighted by Crippen LogP contribution is 2.21. The number of rotatable bonds is 4. The van der Waals surface area contributed by atoms with Gasteiger partial charge in [-0.2, -0.15) is 0 Å². The summed E-state index contributed by atoms with van der Waals surface area (Å²) in [4.78, 5) is 20.4. The number of carbonyl (C=O) groups excluding carboxylic acids is 1. The van der Waals surface area contributed by atoms with Crippen molar-refractivity contribution in [3.63, 3.8) is 0 Å². The molecule has 0 unspecified atom stereocenters. The van der Waals surface area contributed by atoms with Crippen molar-refractivity contribution < 1.29 is 4.79 Å². The van der Waals surface area contributed by atoms with Crippen LogP contribution in [0, 0.1) is 20.8 Å². The fourth-order valence-electron chi connectivity index (χ4n) is 1.76. The molecule has 0 bridgehead atoms. The minimum absolute atomic E-state index is 0.0890. The van der Waals surface area contributed by atoms with E-state index in [1.807, 2.05) is 39.0 Å². The molecule has 2 rings (SSSR count). The Kier molecular flexibility index (Phi) is 5.20. The van der Waals surface area contributed by atoms with Crippen molar-refractivity contribution in [2.45, 2.75) is 25.8 Å². The number of anilines is 1. The summed E-state index contributed by atoms with van der Waals surface area (Å²) >= 11 is 7.42. The largest absolute Gasteiger partial charge is 0.325 e. The molecule has 4 nitrogen and oxygen atoms in total. The van der Waals surface area contributed by atoms with Crippen LogP contribution in [-0.2, 0) is 4.79 Å². The zero-order valence-corrected chi connectivity index (χ0v) is 13.7. The van der Waals surface area contributed by atoms with E-state index < -0.39 is 0 Å². The maximum absolute atomic E-state index is 11.9. The standard InChI is InChI=1S/C15H16ClN3OS/c1-9-4-5-12(7-13(9)16)19-14(20)8-21-15-6-10(2)17-11(3)18-15/h4-7H,8H2,1-3H3,(H,19,20). The molecule has 1 aromatic carbocycles. The van der Waals surface area contributed by atoms with Gasteiger partial charge < -0.3 is 5.32 Å². The van der Waals surface area contributed by atoms with Crippen molar-refractivity contribution in [3.8, 4) is 0 Å². The minimum atomic E-state index is -0.0890. The fraction of sp³-hybridized carbons (Fsp3) is 0.267. The lowest BCUT2D eigenvalue weighted by atomic mass is 10.2. The van der Waals surface area contributed by atoms with E-state index in [4.69, 9.17) is 11.6 Å². The first-order valence-corrected chi connectivity index (χ1v) is 7.81. The molecule has 0 spiro atoms. The van der Waals surface area contributed by atoms with Crippen molar-refractivity contribution in [2.75, 3.05) is 11.1 Å². The monoisotopic (exact) mass is 321 g/mol. The molecule has 110 valence electrons. The van der Waals surface area contributed by atoms with E-state index in [1.165, 1.54) is 11.8 Å². The van der Waals surface area contributed by atoms with Crippen LogP contribution in [0.3, 0.4) is 0 Å². The predicted molar refractivity (Wildman–Crippen MR) is 87.0 cm³/mol. The molecule has 0 saturated heterocycles. The molecule has 1 aromatic heterocycles. The number of nitrogens with one attached hydrogen (secondary N) is 1. The number of benzene rings is 1. The van der Waals surface area contributed by atoms with Crippen LogP contribution < -0.4 is 5.32 Å². The lowest BCUT2D eigenvalue weighted by molar-refractivity contribution is -0.113. The van der Waals surface area contributed by atoms with E-state index in [-0.39, 0.29) is 5.91 Å². The summed E-state index contributed by atoms with van der Waals surface area (Å²) in [6, 6.07) is 7.33. The second-order valence-electron chi connectivity index (χ2n) is 4.70. The number of aryl methyl sites for hydroxylation is 3. The van der Waals surface area contributed by atoms with E-state index in [0.29, 0.717) is 22.3 Å². The van der Waals surface area contributed by atoms with E-state index >= 15 is 0 Å². The molecule has 0 fully saturated rings. The molecule has 6 heteroatoms. The third-order valence-electron chi connectivity index (χ3n) is 2.75. The average molecular weight is 322 g/mol. The first-order valence-electron chi connectivity index (χ1n) is 6.45. The minimum Gasteiger partial charge on any atom is -0.325 e. The number of nitrogens with zero attached hydrogens (tertiary/aromatic N) is 2. The van der Waals surface area contributed by atoms with Gasteiger partial charge in [0.2, 0.25) is 5.91 Å². The lowest BCUT2D eigenvalue weighted by Gasteiger charge is -2.07. The summed E-state index contributed by atoms with van der Waals surface area (Å²) in [6.45, 7) is 5.67. The van der Waals surface area contributed by atoms with Crippen molar-refractivity contribution in [3.05, 3.63) is 46.4 Å². The summed E-state index contributed by atoms with van der Waals surface area (Å²) < 4.78 is 0.